The molecule has 2 N–H and O–H groups in total. The van der Waals surface area contributed by atoms with E-state index in [1.54, 1.807) is 6.92 Å². The average molecular weight is 300 g/mol. The fourth-order valence-corrected chi connectivity index (χ4v) is 1.91. The Labute approximate surface area is 128 Å². The highest BCUT2D eigenvalue weighted by molar-refractivity contribution is 5.85. The molecule has 0 fully saturated rings. The number of benzene rings is 1. The Morgan fingerprint density at radius 2 is 1.95 bits per heavy atom. The molecule has 0 radical (unpaired) electrons. The van der Waals surface area contributed by atoms with Crippen LogP contribution in [0.2, 0.25) is 0 Å². The molecule has 0 heterocycles. The molecule has 1 atom stereocenters. The SMILES string of the molecule is Cc1cccc(CN(CCN(C)C)C(=O)C(C)N)c1.Cl. The molecule has 1 aromatic rings. The lowest BCUT2D eigenvalue weighted by molar-refractivity contribution is -0.133. The molecule has 114 valence electrons. The molecule has 1 rings (SSSR count). The average Bonchev–Trinajstić information content (AvgIpc) is 2.33. The van der Waals surface area contributed by atoms with Crippen LogP contribution in [-0.4, -0.2) is 48.9 Å². The lowest BCUT2D eigenvalue weighted by Gasteiger charge is -2.26. The maximum Gasteiger partial charge on any atom is 0.239 e. The number of hydrogen-bond acceptors (Lipinski definition) is 3. The van der Waals surface area contributed by atoms with Crippen LogP contribution in [0.1, 0.15) is 18.1 Å². The number of aryl methyl sites for hydroxylation is 1. The van der Waals surface area contributed by atoms with Gasteiger partial charge in [-0.05, 0) is 33.5 Å². The van der Waals surface area contributed by atoms with E-state index >= 15 is 0 Å². The van der Waals surface area contributed by atoms with Crippen molar-refractivity contribution in [2.75, 3.05) is 27.2 Å². The van der Waals surface area contributed by atoms with E-state index in [0.29, 0.717) is 13.1 Å². The summed E-state index contributed by atoms with van der Waals surface area (Å²) >= 11 is 0. The molecule has 0 bridgehead atoms. The Hall–Kier alpha value is -1.10. The van der Waals surface area contributed by atoms with Crippen LogP contribution >= 0.6 is 12.4 Å². The number of carbonyl (C=O) groups excluding carboxylic acids is 1. The van der Waals surface area contributed by atoms with Gasteiger partial charge in [-0.2, -0.15) is 0 Å². The number of nitrogens with zero attached hydrogens (tertiary/aromatic N) is 2. The van der Waals surface area contributed by atoms with Gasteiger partial charge in [-0.1, -0.05) is 29.8 Å². The van der Waals surface area contributed by atoms with E-state index in [9.17, 15) is 4.79 Å². The van der Waals surface area contributed by atoms with Crippen LogP contribution < -0.4 is 5.73 Å². The second-order valence-corrected chi connectivity index (χ2v) is 5.34. The Kier molecular flexibility index (Phi) is 8.46. The van der Waals surface area contributed by atoms with Crippen molar-refractivity contribution in [1.29, 1.82) is 0 Å². The van der Waals surface area contributed by atoms with Crippen LogP contribution in [0.5, 0.6) is 0 Å². The molecule has 1 aromatic carbocycles. The first kappa shape index (κ1) is 18.9. The Bertz CT molecular complexity index is 421. The molecule has 20 heavy (non-hydrogen) atoms. The van der Waals surface area contributed by atoms with Crippen LogP contribution in [0.15, 0.2) is 24.3 Å². The molecule has 0 aliphatic rings. The normalized spacial score (nSPS) is 11.9. The molecular formula is C15H26ClN3O. The number of likely N-dealkylation sites (N-methyl/N-ethyl adjacent to an activating group) is 1. The van der Waals surface area contributed by atoms with Crippen molar-refractivity contribution >= 4 is 18.3 Å². The quantitative estimate of drug-likeness (QED) is 0.869. The summed E-state index contributed by atoms with van der Waals surface area (Å²) in [6.45, 7) is 5.95. The summed E-state index contributed by atoms with van der Waals surface area (Å²) < 4.78 is 0. The predicted octanol–water partition coefficient (Wildman–Crippen LogP) is 1.65. The predicted molar refractivity (Wildman–Crippen MR) is 86.0 cm³/mol. The number of carbonyl (C=O) groups is 1. The highest BCUT2D eigenvalue weighted by Crippen LogP contribution is 2.08. The second kappa shape index (κ2) is 8.95. The first-order valence-electron chi connectivity index (χ1n) is 6.65. The van der Waals surface area contributed by atoms with Gasteiger partial charge in [-0.15, -0.1) is 12.4 Å². The lowest BCUT2D eigenvalue weighted by atomic mass is 10.1. The minimum atomic E-state index is -0.452. The minimum Gasteiger partial charge on any atom is -0.336 e. The summed E-state index contributed by atoms with van der Waals surface area (Å²) in [7, 11) is 4.00. The van der Waals surface area contributed by atoms with Crippen molar-refractivity contribution in [2.45, 2.75) is 26.4 Å². The van der Waals surface area contributed by atoms with Crippen LogP contribution in [0.25, 0.3) is 0 Å². The van der Waals surface area contributed by atoms with Gasteiger partial charge in [0.1, 0.15) is 0 Å². The number of rotatable bonds is 6. The van der Waals surface area contributed by atoms with E-state index < -0.39 is 6.04 Å². The standard InChI is InChI=1S/C15H25N3O.ClH/c1-12-6-5-7-14(10-12)11-18(9-8-17(3)4)15(19)13(2)16;/h5-7,10,13H,8-9,11,16H2,1-4H3;1H. The van der Waals surface area contributed by atoms with Crippen LogP contribution in [0.4, 0.5) is 0 Å². The lowest BCUT2D eigenvalue weighted by Crippen LogP contribution is -2.44. The Morgan fingerprint density at radius 3 is 2.45 bits per heavy atom. The molecule has 0 aromatic heterocycles. The van der Waals surface area contributed by atoms with Gasteiger partial charge in [-0.25, -0.2) is 0 Å². The molecule has 0 aliphatic carbocycles. The molecule has 0 saturated carbocycles. The zero-order valence-corrected chi connectivity index (χ0v) is 13.6. The van der Waals surface area contributed by atoms with Gasteiger partial charge in [0.15, 0.2) is 0 Å². The summed E-state index contributed by atoms with van der Waals surface area (Å²) in [6, 6.07) is 7.78. The molecular weight excluding hydrogens is 274 g/mol. The van der Waals surface area contributed by atoms with Gasteiger partial charge < -0.3 is 15.5 Å². The van der Waals surface area contributed by atoms with E-state index in [2.05, 4.69) is 24.0 Å². The first-order chi connectivity index (χ1) is 8.90. The summed E-state index contributed by atoms with van der Waals surface area (Å²) in [4.78, 5) is 16.0. The van der Waals surface area contributed by atoms with Crippen molar-refractivity contribution in [3.05, 3.63) is 35.4 Å². The van der Waals surface area contributed by atoms with E-state index in [1.807, 2.05) is 31.1 Å². The third-order valence-corrected chi connectivity index (χ3v) is 2.97. The topological polar surface area (TPSA) is 49.6 Å². The zero-order valence-electron chi connectivity index (χ0n) is 12.8. The van der Waals surface area contributed by atoms with Crippen molar-refractivity contribution in [3.63, 3.8) is 0 Å². The fourth-order valence-electron chi connectivity index (χ4n) is 1.91. The van der Waals surface area contributed by atoms with E-state index in [1.165, 1.54) is 5.56 Å². The van der Waals surface area contributed by atoms with E-state index in [4.69, 9.17) is 5.73 Å². The molecule has 0 saturated heterocycles. The first-order valence-corrected chi connectivity index (χ1v) is 6.65. The van der Waals surface area contributed by atoms with E-state index in [-0.39, 0.29) is 18.3 Å². The Morgan fingerprint density at radius 1 is 1.30 bits per heavy atom. The molecule has 1 unspecified atom stereocenters. The summed E-state index contributed by atoms with van der Waals surface area (Å²) in [5, 5.41) is 0. The van der Waals surface area contributed by atoms with Gasteiger partial charge in [-0.3, -0.25) is 4.79 Å². The van der Waals surface area contributed by atoms with Gasteiger partial charge in [0.25, 0.3) is 0 Å². The van der Waals surface area contributed by atoms with Gasteiger partial charge in [0, 0.05) is 19.6 Å². The number of nitrogens with two attached hydrogens (primary N) is 1. The third kappa shape index (κ3) is 6.37. The van der Waals surface area contributed by atoms with Crippen LogP contribution in [-0.2, 0) is 11.3 Å². The summed E-state index contributed by atoms with van der Waals surface area (Å²) in [5.41, 5.74) is 8.07. The Balaban J connectivity index is 0.00000361. The molecule has 0 aliphatic heterocycles. The molecule has 5 heteroatoms. The summed E-state index contributed by atoms with van der Waals surface area (Å²) in [6.07, 6.45) is 0. The van der Waals surface area contributed by atoms with Crippen molar-refractivity contribution < 1.29 is 4.79 Å². The fraction of sp³-hybridized carbons (Fsp3) is 0.533. The number of halogens is 1. The zero-order chi connectivity index (χ0) is 14.4. The monoisotopic (exact) mass is 299 g/mol. The highest BCUT2D eigenvalue weighted by atomic mass is 35.5. The number of amides is 1. The maximum absolute atomic E-state index is 12.1. The second-order valence-electron chi connectivity index (χ2n) is 5.34. The van der Waals surface area contributed by atoms with Crippen molar-refractivity contribution in [2.24, 2.45) is 5.73 Å². The highest BCUT2D eigenvalue weighted by Gasteiger charge is 2.17. The third-order valence-electron chi connectivity index (χ3n) is 2.97. The largest absolute Gasteiger partial charge is 0.336 e. The molecule has 1 amide bonds. The molecule has 4 nitrogen and oxygen atoms in total. The van der Waals surface area contributed by atoms with Gasteiger partial charge in [0.05, 0.1) is 6.04 Å². The van der Waals surface area contributed by atoms with Crippen LogP contribution in [0.3, 0.4) is 0 Å². The summed E-state index contributed by atoms with van der Waals surface area (Å²) in [5.74, 6) is 0.00311. The smallest absolute Gasteiger partial charge is 0.239 e. The minimum absolute atomic E-state index is 0. The maximum atomic E-state index is 12.1. The van der Waals surface area contributed by atoms with Gasteiger partial charge in [0.2, 0.25) is 5.91 Å². The van der Waals surface area contributed by atoms with Crippen molar-refractivity contribution in [1.82, 2.24) is 9.80 Å². The van der Waals surface area contributed by atoms with Crippen molar-refractivity contribution in [3.8, 4) is 0 Å². The van der Waals surface area contributed by atoms with Crippen LogP contribution in [0, 0.1) is 6.92 Å². The molecule has 0 spiro atoms. The van der Waals surface area contributed by atoms with E-state index in [0.717, 1.165) is 12.1 Å². The number of hydrogen-bond donors (Lipinski definition) is 1. The van der Waals surface area contributed by atoms with Gasteiger partial charge >= 0.3 is 0 Å².